The topological polar surface area (TPSA) is 82.3 Å². The molecule has 0 N–H and O–H groups in total. The highest BCUT2D eigenvalue weighted by molar-refractivity contribution is 6.11. The van der Waals surface area contributed by atoms with E-state index in [9.17, 15) is 0 Å². The van der Waals surface area contributed by atoms with E-state index in [-0.39, 0.29) is 0 Å². The van der Waals surface area contributed by atoms with Crippen LogP contribution in [0.1, 0.15) is 11.1 Å². The van der Waals surface area contributed by atoms with Gasteiger partial charge in [-0.1, -0.05) is 151 Å². The van der Waals surface area contributed by atoms with Crippen LogP contribution in [0.4, 0.5) is 0 Å². The zero-order chi connectivity index (χ0) is 38.3. The molecule has 10 aromatic rings. The summed E-state index contributed by atoms with van der Waals surface area (Å²) in [5, 5.41) is 2.32. The van der Waals surface area contributed by atoms with Crippen molar-refractivity contribution in [2.75, 3.05) is 0 Å². The number of benzene rings is 7. The van der Waals surface area contributed by atoms with Crippen LogP contribution < -0.4 is 0 Å². The van der Waals surface area contributed by atoms with Crippen LogP contribution >= 0.6 is 0 Å². The number of hydrogen-bond donors (Lipinski definition) is 0. The molecule has 0 aliphatic rings. The first-order chi connectivity index (χ1) is 28.1. The summed E-state index contributed by atoms with van der Waals surface area (Å²) in [5.74, 6) is 3.41. The van der Waals surface area contributed by atoms with Gasteiger partial charge in [-0.3, -0.25) is 0 Å². The Hall–Kier alpha value is -7.64. The molecule has 0 unspecified atom stereocenters. The molecule has 0 bridgehead atoms. The van der Waals surface area contributed by atoms with Gasteiger partial charge in [-0.15, -0.1) is 0 Å². The molecule has 0 spiro atoms. The number of nitrogens with zero attached hydrogens (tertiary/aromatic N) is 7. The number of fused-ring (bicyclic) bond motifs is 3. The van der Waals surface area contributed by atoms with Crippen LogP contribution in [0.3, 0.4) is 0 Å². The second-order valence-electron chi connectivity index (χ2n) is 14.2. The Labute approximate surface area is 330 Å². The van der Waals surface area contributed by atoms with Crippen LogP contribution in [-0.4, -0.2) is 34.5 Å². The van der Waals surface area contributed by atoms with Crippen molar-refractivity contribution >= 4 is 21.8 Å². The first kappa shape index (κ1) is 33.9. The van der Waals surface area contributed by atoms with Crippen molar-refractivity contribution in [3.63, 3.8) is 0 Å². The van der Waals surface area contributed by atoms with E-state index >= 15 is 0 Å². The molecule has 3 heterocycles. The number of rotatable bonds is 7. The maximum absolute atomic E-state index is 5.23. The summed E-state index contributed by atoms with van der Waals surface area (Å²) in [6, 6.07) is 59.8. The summed E-state index contributed by atoms with van der Waals surface area (Å²) in [6.45, 7) is 4.28. The molecule has 7 nitrogen and oxygen atoms in total. The van der Waals surface area contributed by atoms with E-state index in [2.05, 4.69) is 66.9 Å². The van der Waals surface area contributed by atoms with Crippen molar-refractivity contribution in [1.29, 1.82) is 0 Å². The van der Waals surface area contributed by atoms with E-state index in [0.29, 0.717) is 34.9 Å². The molecule has 7 aromatic carbocycles. The molecule has 0 fully saturated rings. The molecule has 0 saturated heterocycles. The molecule has 57 heavy (non-hydrogen) atoms. The fraction of sp³-hybridized carbons (Fsp3) is 0.0400. The Bertz CT molecular complexity index is 2750. The van der Waals surface area contributed by atoms with Gasteiger partial charge in [-0.2, -0.15) is 0 Å². The second-order valence-corrected chi connectivity index (χ2v) is 14.2. The lowest BCUT2D eigenvalue weighted by Gasteiger charge is -2.19. The predicted octanol–water partition coefficient (Wildman–Crippen LogP) is 11.8. The van der Waals surface area contributed by atoms with Gasteiger partial charge in [0.15, 0.2) is 34.9 Å². The Kier molecular flexibility index (Phi) is 8.45. The van der Waals surface area contributed by atoms with Crippen LogP contribution in [0.15, 0.2) is 176 Å². The van der Waals surface area contributed by atoms with Gasteiger partial charge < -0.3 is 4.57 Å². The SMILES string of the molecule is Cc1ccc2c(c1)c1cc(C)ccc1n2-c1c(-c2nc(-c3ccccc3)nc(-c3ccccc3)n2)cccc1-c1nc(-c2ccccc2)nc(-c2ccccc2)n1. The van der Waals surface area contributed by atoms with Crippen LogP contribution in [0.5, 0.6) is 0 Å². The molecule has 270 valence electrons. The Morgan fingerprint density at radius 1 is 0.316 bits per heavy atom. The summed E-state index contributed by atoms with van der Waals surface area (Å²) >= 11 is 0. The second kappa shape index (κ2) is 14.2. The number of hydrogen-bond acceptors (Lipinski definition) is 6. The highest BCUT2D eigenvalue weighted by Gasteiger charge is 2.25. The lowest BCUT2D eigenvalue weighted by Crippen LogP contribution is -2.07. The molecule has 0 aliphatic carbocycles. The Balaban J connectivity index is 1.33. The van der Waals surface area contributed by atoms with Gasteiger partial charge in [0.1, 0.15) is 0 Å². The third-order valence-electron chi connectivity index (χ3n) is 10.2. The molecule has 0 radical (unpaired) electrons. The Morgan fingerprint density at radius 2 is 0.632 bits per heavy atom. The third-order valence-corrected chi connectivity index (χ3v) is 10.2. The predicted molar refractivity (Wildman–Crippen MR) is 230 cm³/mol. The Morgan fingerprint density at radius 3 is 0.965 bits per heavy atom. The van der Waals surface area contributed by atoms with E-state index in [4.69, 9.17) is 29.9 Å². The highest BCUT2D eigenvalue weighted by Crippen LogP contribution is 2.41. The average molecular weight is 734 g/mol. The lowest BCUT2D eigenvalue weighted by molar-refractivity contribution is 1.05. The van der Waals surface area contributed by atoms with Crippen LogP contribution in [-0.2, 0) is 0 Å². The molecule has 0 amide bonds. The number of para-hydroxylation sites is 1. The summed E-state index contributed by atoms with van der Waals surface area (Å²) in [7, 11) is 0. The van der Waals surface area contributed by atoms with Gasteiger partial charge in [0.25, 0.3) is 0 Å². The quantitative estimate of drug-likeness (QED) is 0.162. The average Bonchev–Trinajstić information content (AvgIpc) is 3.59. The molecular formula is C50H35N7. The van der Waals surface area contributed by atoms with E-state index in [1.807, 2.05) is 127 Å². The smallest absolute Gasteiger partial charge is 0.166 e. The summed E-state index contributed by atoms with van der Waals surface area (Å²) in [5.41, 5.74) is 10.6. The molecule has 0 saturated carbocycles. The number of aryl methyl sites for hydroxylation is 2. The summed E-state index contributed by atoms with van der Waals surface area (Å²) < 4.78 is 2.33. The highest BCUT2D eigenvalue weighted by atomic mass is 15.1. The van der Waals surface area contributed by atoms with E-state index in [0.717, 1.165) is 60.9 Å². The van der Waals surface area contributed by atoms with Crippen molar-refractivity contribution in [2.45, 2.75) is 13.8 Å². The minimum absolute atomic E-state index is 0.536. The van der Waals surface area contributed by atoms with Crippen molar-refractivity contribution < 1.29 is 0 Å². The van der Waals surface area contributed by atoms with Crippen molar-refractivity contribution in [1.82, 2.24) is 34.5 Å². The largest absolute Gasteiger partial charge is 0.308 e. The molecule has 3 aromatic heterocycles. The normalized spacial score (nSPS) is 11.3. The van der Waals surface area contributed by atoms with Gasteiger partial charge >= 0.3 is 0 Å². The summed E-state index contributed by atoms with van der Waals surface area (Å²) in [6.07, 6.45) is 0. The fourth-order valence-electron chi connectivity index (χ4n) is 7.50. The van der Waals surface area contributed by atoms with Crippen LogP contribution in [0, 0.1) is 13.8 Å². The molecule has 7 heteroatoms. The monoisotopic (exact) mass is 733 g/mol. The zero-order valence-electron chi connectivity index (χ0n) is 31.4. The number of aromatic nitrogens is 7. The van der Waals surface area contributed by atoms with E-state index in [1.54, 1.807) is 0 Å². The van der Waals surface area contributed by atoms with E-state index < -0.39 is 0 Å². The van der Waals surface area contributed by atoms with E-state index in [1.165, 1.54) is 11.1 Å². The first-order valence-corrected chi connectivity index (χ1v) is 19.0. The molecule has 0 atom stereocenters. The van der Waals surface area contributed by atoms with Crippen molar-refractivity contribution in [2.24, 2.45) is 0 Å². The maximum Gasteiger partial charge on any atom is 0.166 e. The fourth-order valence-corrected chi connectivity index (χ4v) is 7.50. The van der Waals surface area contributed by atoms with Gasteiger partial charge in [0.2, 0.25) is 0 Å². The molecule has 10 rings (SSSR count). The summed E-state index contributed by atoms with van der Waals surface area (Å²) in [4.78, 5) is 31.0. The van der Waals surface area contributed by atoms with Gasteiger partial charge in [0.05, 0.1) is 16.7 Å². The lowest BCUT2D eigenvalue weighted by atomic mass is 10.0. The minimum Gasteiger partial charge on any atom is -0.308 e. The maximum atomic E-state index is 5.23. The third kappa shape index (κ3) is 6.31. The molecule has 0 aliphatic heterocycles. The van der Waals surface area contributed by atoms with Gasteiger partial charge in [-0.05, 0) is 50.2 Å². The standard InChI is InChI=1S/C50H35N7/c1-32-26-28-42-40(30-32)41-31-33(2)27-29-43(41)57(42)44-38(49-53-45(34-16-7-3-8-17-34)51-46(54-49)35-18-9-4-10-19-35)24-15-25-39(44)50-55-47(36-20-11-5-12-21-36)52-48(56-50)37-22-13-6-14-23-37/h3-31H,1-2H3. The van der Waals surface area contributed by atoms with Gasteiger partial charge in [-0.25, -0.2) is 29.9 Å². The molecular weight excluding hydrogens is 699 g/mol. The van der Waals surface area contributed by atoms with Crippen molar-refractivity contribution in [3.05, 3.63) is 187 Å². The first-order valence-electron chi connectivity index (χ1n) is 19.0. The minimum atomic E-state index is 0.536. The van der Waals surface area contributed by atoms with Gasteiger partial charge in [0, 0.05) is 44.2 Å². The van der Waals surface area contributed by atoms with Crippen molar-refractivity contribution in [3.8, 4) is 74.0 Å². The van der Waals surface area contributed by atoms with Crippen LogP contribution in [0.2, 0.25) is 0 Å². The zero-order valence-corrected chi connectivity index (χ0v) is 31.4. The van der Waals surface area contributed by atoms with Crippen LogP contribution in [0.25, 0.3) is 95.8 Å².